The summed E-state index contributed by atoms with van der Waals surface area (Å²) < 4.78 is 5.11. The van der Waals surface area contributed by atoms with E-state index < -0.39 is 0 Å². The summed E-state index contributed by atoms with van der Waals surface area (Å²) in [6.45, 7) is 0. The number of carbonyl (C=O) groups is 1. The van der Waals surface area contributed by atoms with Crippen molar-refractivity contribution in [1.82, 2.24) is 10.2 Å². The van der Waals surface area contributed by atoms with Crippen LogP contribution in [-0.4, -0.2) is 23.6 Å². The standard InChI is InChI=1S/C11H11N3O2/c1-16-10-3-7(9-4-13-14-5-9)2-8(6-15)11(10)12/h2-6H,12H2,1H3,(H,13,14). The van der Waals surface area contributed by atoms with Crippen molar-refractivity contribution >= 4 is 12.0 Å². The quantitative estimate of drug-likeness (QED) is 0.602. The van der Waals surface area contributed by atoms with Crippen LogP contribution in [0.3, 0.4) is 0 Å². The van der Waals surface area contributed by atoms with Crippen LogP contribution in [0.5, 0.6) is 5.75 Å². The molecule has 0 unspecified atom stereocenters. The number of nitrogens with two attached hydrogens (primary N) is 1. The molecule has 0 aliphatic carbocycles. The van der Waals surface area contributed by atoms with Gasteiger partial charge < -0.3 is 10.5 Å². The second-order valence-corrected chi connectivity index (χ2v) is 3.29. The maximum Gasteiger partial charge on any atom is 0.152 e. The van der Waals surface area contributed by atoms with Gasteiger partial charge in [0.1, 0.15) is 5.75 Å². The lowest BCUT2D eigenvalue weighted by Gasteiger charge is -2.08. The number of hydrogen-bond acceptors (Lipinski definition) is 4. The molecular weight excluding hydrogens is 206 g/mol. The molecule has 0 aliphatic heterocycles. The molecule has 16 heavy (non-hydrogen) atoms. The van der Waals surface area contributed by atoms with Crippen LogP contribution in [0, 0.1) is 0 Å². The number of anilines is 1. The highest BCUT2D eigenvalue weighted by molar-refractivity contribution is 5.89. The summed E-state index contributed by atoms with van der Waals surface area (Å²) in [5.41, 5.74) is 8.22. The average Bonchev–Trinajstić information content (AvgIpc) is 2.83. The normalized spacial score (nSPS) is 10.1. The molecule has 0 aliphatic rings. The van der Waals surface area contributed by atoms with E-state index >= 15 is 0 Å². The number of methoxy groups -OCH3 is 1. The number of nitrogen functional groups attached to an aromatic ring is 1. The van der Waals surface area contributed by atoms with Crippen molar-refractivity contribution in [2.45, 2.75) is 0 Å². The average molecular weight is 217 g/mol. The van der Waals surface area contributed by atoms with Crippen molar-refractivity contribution in [3.63, 3.8) is 0 Å². The molecule has 2 aromatic rings. The van der Waals surface area contributed by atoms with Crippen LogP contribution in [0.4, 0.5) is 5.69 Å². The number of hydrogen-bond donors (Lipinski definition) is 2. The summed E-state index contributed by atoms with van der Waals surface area (Å²) in [5.74, 6) is 0.487. The molecule has 1 aromatic carbocycles. The van der Waals surface area contributed by atoms with Gasteiger partial charge in [-0.2, -0.15) is 5.10 Å². The molecular formula is C11H11N3O2. The molecule has 0 amide bonds. The lowest BCUT2D eigenvalue weighted by Crippen LogP contribution is -1.98. The first-order chi connectivity index (χ1) is 7.76. The van der Waals surface area contributed by atoms with E-state index in [-0.39, 0.29) is 0 Å². The van der Waals surface area contributed by atoms with Gasteiger partial charge in [0.05, 0.1) is 19.0 Å². The zero-order valence-corrected chi connectivity index (χ0v) is 8.73. The lowest BCUT2D eigenvalue weighted by molar-refractivity contribution is 0.112. The van der Waals surface area contributed by atoms with E-state index in [1.165, 1.54) is 7.11 Å². The van der Waals surface area contributed by atoms with Crippen molar-refractivity contribution in [3.05, 3.63) is 30.1 Å². The molecule has 0 bridgehead atoms. The zero-order valence-electron chi connectivity index (χ0n) is 8.73. The Hall–Kier alpha value is -2.30. The number of aromatic nitrogens is 2. The van der Waals surface area contributed by atoms with Crippen LogP contribution in [0.2, 0.25) is 0 Å². The largest absolute Gasteiger partial charge is 0.495 e. The maximum absolute atomic E-state index is 10.9. The lowest BCUT2D eigenvalue weighted by atomic mass is 10.0. The number of nitrogens with zero attached hydrogens (tertiary/aromatic N) is 1. The van der Waals surface area contributed by atoms with Crippen molar-refractivity contribution in [1.29, 1.82) is 0 Å². The van der Waals surface area contributed by atoms with Crippen molar-refractivity contribution < 1.29 is 9.53 Å². The third-order valence-corrected chi connectivity index (χ3v) is 2.35. The molecule has 3 N–H and O–H groups in total. The number of aromatic amines is 1. The summed E-state index contributed by atoms with van der Waals surface area (Å²) in [6.07, 6.45) is 4.11. The first kappa shape index (κ1) is 10.2. The minimum absolute atomic E-state index is 0.352. The van der Waals surface area contributed by atoms with Gasteiger partial charge in [-0.15, -0.1) is 0 Å². The number of benzene rings is 1. The molecule has 82 valence electrons. The first-order valence-electron chi connectivity index (χ1n) is 4.68. The summed E-state index contributed by atoms with van der Waals surface area (Å²) in [4.78, 5) is 10.9. The number of nitrogens with one attached hydrogen (secondary N) is 1. The van der Waals surface area contributed by atoms with Gasteiger partial charge >= 0.3 is 0 Å². The van der Waals surface area contributed by atoms with Crippen molar-refractivity contribution in [2.24, 2.45) is 0 Å². The van der Waals surface area contributed by atoms with Gasteiger partial charge in [0.15, 0.2) is 6.29 Å². The van der Waals surface area contributed by atoms with Crippen LogP contribution in [-0.2, 0) is 0 Å². The number of rotatable bonds is 3. The Kier molecular flexibility index (Phi) is 2.59. The highest BCUT2D eigenvalue weighted by Crippen LogP contribution is 2.31. The Morgan fingerprint density at radius 1 is 1.44 bits per heavy atom. The van der Waals surface area contributed by atoms with Gasteiger partial charge in [-0.1, -0.05) is 0 Å². The van der Waals surface area contributed by atoms with Crippen molar-refractivity contribution in [3.8, 4) is 16.9 Å². The molecule has 0 spiro atoms. The minimum Gasteiger partial charge on any atom is -0.495 e. The molecule has 0 radical (unpaired) electrons. The third kappa shape index (κ3) is 1.63. The van der Waals surface area contributed by atoms with Gasteiger partial charge in [-0.3, -0.25) is 9.89 Å². The van der Waals surface area contributed by atoms with Crippen molar-refractivity contribution in [2.75, 3.05) is 12.8 Å². The number of carbonyl (C=O) groups excluding carboxylic acids is 1. The molecule has 1 heterocycles. The Morgan fingerprint density at radius 3 is 2.81 bits per heavy atom. The molecule has 0 saturated heterocycles. The van der Waals surface area contributed by atoms with E-state index in [1.807, 2.05) is 0 Å². The van der Waals surface area contributed by atoms with Crippen LogP contribution >= 0.6 is 0 Å². The van der Waals surface area contributed by atoms with Crippen LogP contribution < -0.4 is 10.5 Å². The van der Waals surface area contributed by atoms with Crippen LogP contribution in [0.1, 0.15) is 10.4 Å². The van der Waals surface area contributed by atoms with Crippen LogP contribution in [0.25, 0.3) is 11.1 Å². The van der Waals surface area contributed by atoms with E-state index in [2.05, 4.69) is 10.2 Å². The zero-order chi connectivity index (χ0) is 11.5. The SMILES string of the molecule is COc1cc(-c2cn[nH]c2)cc(C=O)c1N. The number of H-pyrrole nitrogens is 1. The molecule has 0 fully saturated rings. The fourth-order valence-electron chi connectivity index (χ4n) is 1.49. The highest BCUT2D eigenvalue weighted by Gasteiger charge is 2.09. The summed E-state index contributed by atoms with van der Waals surface area (Å²) >= 11 is 0. The molecule has 5 nitrogen and oxygen atoms in total. The van der Waals surface area contributed by atoms with E-state index in [4.69, 9.17) is 10.5 Å². The van der Waals surface area contributed by atoms with Crippen LogP contribution in [0.15, 0.2) is 24.5 Å². The summed E-state index contributed by atoms with van der Waals surface area (Å²) in [6, 6.07) is 3.48. The predicted octanol–water partition coefficient (Wildman–Crippen LogP) is 1.48. The maximum atomic E-state index is 10.9. The highest BCUT2D eigenvalue weighted by atomic mass is 16.5. The Morgan fingerprint density at radius 2 is 2.25 bits per heavy atom. The van der Waals surface area contributed by atoms with Gasteiger partial charge in [0, 0.05) is 17.3 Å². The monoisotopic (exact) mass is 217 g/mol. The molecule has 2 rings (SSSR count). The smallest absolute Gasteiger partial charge is 0.152 e. The van der Waals surface area contributed by atoms with Gasteiger partial charge in [0.2, 0.25) is 0 Å². The first-order valence-corrected chi connectivity index (χ1v) is 4.68. The van der Waals surface area contributed by atoms with Gasteiger partial charge in [-0.05, 0) is 17.7 Å². The van der Waals surface area contributed by atoms with Gasteiger partial charge in [-0.25, -0.2) is 0 Å². The fraction of sp³-hybridized carbons (Fsp3) is 0.0909. The van der Waals surface area contributed by atoms with E-state index in [9.17, 15) is 4.79 Å². The molecule has 0 saturated carbocycles. The second kappa shape index (κ2) is 4.06. The molecule has 0 atom stereocenters. The topological polar surface area (TPSA) is 81.0 Å². The van der Waals surface area contributed by atoms with E-state index in [1.54, 1.807) is 24.5 Å². The number of aldehydes is 1. The second-order valence-electron chi connectivity index (χ2n) is 3.29. The van der Waals surface area contributed by atoms with Gasteiger partial charge in [0.25, 0.3) is 0 Å². The Labute approximate surface area is 92.2 Å². The number of ether oxygens (including phenoxy) is 1. The Balaban J connectivity index is 2.60. The Bertz CT molecular complexity index is 506. The molecule has 1 aromatic heterocycles. The minimum atomic E-state index is 0.352. The summed E-state index contributed by atoms with van der Waals surface area (Å²) in [5, 5.41) is 6.55. The van der Waals surface area contributed by atoms with E-state index in [0.717, 1.165) is 11.1 Å². The van der Waals surface area contributed by atoms with E-state index in [0.29, 0.717) is 23.3 Å². The fourth-order valence-corrected chi connectivity index (χ4v) is 1.49. The summed E-state index contributed by atoms with van der Waals surface area (Å²) in [7, 11) is 1.51. The third-order valence-electron chi connectivity index (χ3n) is 2.35. The predicted molar refractivity (Wildman–Crippen MR) is 60.4 cm³/mol. The molecule has 5 heteroatoms.